The summed E-state index contributed by atoms with van der Waals surface area (Å²) in [5.74, 6) is 4.71. The summed E-state index contributed by atoms with van der Waals surface area (Å²) in [6.45, 7) is 2.10. The Morgan fingerprint density at radius 1 is 0.980 bits per heavy atom. The molecule has 2 atom stereocenters. The van der Waals surface area contributed by atoms with Crippen LogP contribution in [0.3, 0.4) is 0 Å². The number of benzene rings is 2. The maximum absolute atomic E-state index is 14.3. The number of aryl methyl sites for hydroxylation is 2. The molecule has 3 heterocycles. The monoisotopic (exact) mass is 692 g/mol. The molecule has 0 bridgehead atoms. The second-order valence-corrected chi connectivity index (χ2v) is 13.4. The van der Waals surface area contributed by atoms with E-state index in [0.717, 1.165) is 11.4 Å². The van der Waals surface area contributed by atoms with E-state index in [1.54, 1.807) is 80.0 Å². The van der Waals surface area contributed by atoms with E-state index in [4.69, 9.17) is 4.74 Å². The van der Waals surface area contributed by atoms with E-state index in [1.807, 2.05) is 6.92 Å². The molecule has 256 valence electrons. The fourth-order valence-corrected chi connectivity index (χ4v) is 6.76. The predicted molar refractivity (Wildman–Crippen MR) is 190 cm³/mol. The van der Waals surface area contributed by atoms with E-state index >= 15 is 0 Å². The van der Waals surface area contributed by atoms with Crippen molar-refractivity contribution in [2.75, 3.05) is 19.0 Å². The SMILES string of the molecule is COC(=O)[C@H](Cc1cnc[nH]1)NCCC=S(=O)(NC(=O)c1cncc(C#Cc2cccc(NC(=O)c3cc(C)nn3C)c2)c1)c1ccccc1. The Balaban J connectivity index is 1.28. The lowest BCUT2D eigenvalue weighted by molar-refractivity contribution is -0.143. The first-order valence-corrected chi connectivity index (χ1v) is 17.2. The van der Waals surface area contributed by atoms with Gasteiger partial charge in [0.25, 0.3) is 11.8 Å². The highest BCUT2D eigenvalue weighted by Gasteiger charge is 2.20. The lowest BCUT2D eigenvalue weighted by Crippen LogP contribution is -2.40. The van der Waals surface area contributed by atoms with Gasteiger partial charge >= 0.3 is 5.97 Å². The molecular weight excluding hydrogens is 657 g/mol. The number of amides is 2. The minimum Gasteiger partial charge on any atom is -0.468 e. The number of rotatable bonds is 12. The maximum atomic E-state index is 14.3. The number of methoxy groups -OCH3 is 1. The molecule has 2 amide bonds. The zero-order chi connectivity index (χ0) is 35.5. The highest BCUT2D eigenvalue weighted by atomic mass is 32.2. The highest BCUT2D eigenvalue weighted by Crippen LogP contribution is 2.14. The topological polar surface area (TPSA) is 173 Å². The smallest absolute Gasteiger partial charge is 0.323 e. The van der Waals surface area contributed by atoms with Gasteiger partial charge < -0.3 is 20.4 Å². The number of H-pyrrole nitrogens is 1. The van der Waals surface area contributed by atoms with Gasteiger partial charge in [0.1, 0.15) is 11.7 Å². The van der Waals surface area contributed by atoms with Gasteiger partial charge in [-0.05, 0) is 61.2 Å². The summed E-state index contributed by atoms with van der Waals surface area (Å²) in [4.78, 5) is 50.1. The lowest BCUT2D eigenvalue weighted by Gasteiger charge is -2.16. The summed E-state index contributed by atoms with van der Waals surface area (Å²) in [6.07, 6.45) is 6.64. The summed E-state index contributed by atoms with van der Waals surface area (Å²) in [6, 6.07) is 18.3. The molecule has 2 aromatic carbocycles. The molecule has 14 heteroatoms. The minimum atomic E-state index is -3.19. The number of hydrogen-bond acceptors (Lipinski definition) is 9. The fraction of sp³-hybridized carbons (Fsp3) is 0.194. The van der Waals surface area contributed by atoms with Crippen molar-refractivity contribution in [3.63, 3.8) is 0 Å². The second kappa shape index (κ2) is 16.4. The van der Waals surface area contributed by atoms with Crippen LogP contribution in [0, 0.1) is 18.8 Å². The first-order valence-electron chi connectivity index (χ1n) is 15.6. The van der Waals surface area contributed by atoms with Crippen LogP contribution >= 0.6 is 0 Å². The average molecular weight is 693 g/mol. The maximum Gasteiger partial charge on any atom is 0.323 e. The zero-order valence-electron chi connectivity index (χ0n) is 27.7. The van der Waals surface area contributed by atoms with Crippen molar-refractivity contribution in [3.05, 3.63) is 125 Å². The molecule has 0 radical (unpaired) electrons. The van der Waals surface area contributed by atoms with E-state index in [1.165, 1.54) is 35.9 Å². The Bertz CT molecular complexity index is 2160. The van der Waals surface area contributed by atoms with Crippen molar-refractivity contribution in [3.8, 4) is 11.8 Å². The van der Waals surface area contributed by atoms with Gasteiger partial charge in [-0.1, -0.05) is 36.1 Å². The van der Waals surface area contributed by atoms with E-state index in [2.05, 4.69) is 47.2 Å². The summed E-state index contributed by atoms with van der Waals surface area (Å²) in [7, 11) is -0.174. The molecule has 0 fully saturated rings. The van der Waals surface area contributed by atoms with Gasteiger partial charge in [-0.25, -0.2) is 9.19 Å². The number of carbonyl (C=O) groups excluding carboxylic acids is 3. The van der Waals surface area contributed by atoms with Crippen molar-refractivity contribution in [1.29, 1.82) is 0 Å². The number of aromatic amines is 1. The van der Waals surface area contributed by atoms with Crippen molar-refractivity contribution in [1.82, 2.24) is 34.8 Å². The summed E-state index contributed by atoms with van der Waals surface area (Å²) >= 11 is 0. The molecule has 0 saturated heterocycles. The number of aromatic nitrogens is 5. The number of pyridine rings is 1. The minimum absolute atomic E-state index is 0.171. The van der Waals surface area contributed by atoms with Crippen LogP contribution in [0.5, 0.6) is 0 Å². The Morgan fingerprint density at radius 3 is 2.50 bits per heavy atom. The van der Waals surface area contributed by atoms with Gasteiger partial charge in [0.15, 0.2) is 0 Å². The summed E-state index contributed by atoms with van der Waals surface area (Å²) in [5.41, 5.74) is 3.75. The molecule has 5 aromatic rings. The average Bonchev–Trinajstić information content (AvgIpc) is 3.77. The van der Waals surface area contributed by atoms with Crippen LogP contribution in [-0.4, -0.2) is 71.8 Å². The number of nitrogens with zero attached hydrogens (tertiary/aromatic N) is 4. The predicted octanol–water partition coefficient (Wildman–Crippen LogP) is 3.05. The van der Waals surface area contributed by atoms with E-state index < -0.39 is 27.6 Å². The molecule has 13 nitrogen and oxygen atoms in total. The number of ether oxygens (including phenoxy) is 1. The standard InChI is InChI=1S/C36H36N8O5S/c1-25-17-33(44(2)42-25)35(46)41-29-10-7-9-26(19-29)13-14-27-18-28(22-37-21-27)34(45)43-50(48,31-11-5-4-6-12-31)16-8-15-39-32(36(47)49-3)20-30-23-38-24-40-30/h4-7,9-12,16-19,21-24,32,39H,8,15,20H2,1-3H3,(H,38,40)(H,41,46)(H,43,45,48)/t32-,50?/m0/s1. The van der Waals surface area contributed by atoms with Crippen LogP contribution < -0.4 is 15.4 Å². The Kier molecular flexibility index (Phi) is 11.6. The third-order valence-corrected chi connectivity index (χ3v) is 9.56. The summed E-state index contributed by atoms with van der Waals surface area (Å²) in [5, 5.41) is 11.7. The lowest BCUT2D eigenvalue weighted by atomic mass is 10.1. The van der Waals surface area contributed by atoms with Crippen molar-refractivity contribution in [2.24, 2.45) is 7.05 Å². The van der Waals surface area contributed by atoms with Gasteiger partial charge in [-0.3, -0.25) is 28.8 Å². The molecule has 0 spiro atoms. The number of esters is 1. The molecule has 4 N–H and O–H groups in total. The Morgan fingerprint density at radius 2 is 1.78 bits per heavy atom. The number of anilines is 1. The van der Waals surface area contributed by atoms with Crippen molar-refractivity contribution >= 4 is 38.5 Å². The van der Waals surface area contributed by atoms with Gasteiger partial charge in [0.05, 0.1) is 34.4 Å². The third-order valence-electron chi connectivity index (χ3n) is 7.40. The number of nitrogens with one attached hydrogen (secondary N) is 4. The van der Waals surface area contributed by atoms with Crippen LogP contribution in [0.15, 0.2) is 96.5 Å². The van der Waals surface area contributed by atoms with Gasteiger partial charge in [-0.15, -0.1) is 0 Å². The van der Waals surface area contributed by atoms with Crippen LogP contribution in [-0.2, 0) is 32.7 Å². The van der Waals surface area contributed by atoms with E-state index in [0.29, 0.717) is 33.8 Å². The molecule has 0 aliphatic heterocycles. The zero-order valence-corrected chi connectivity index (χ0v) is 28.5. The van der Waals surface area contributed by atoms with Crippen LogP contribution in [0.1, 0.15) is 49.8 Å². The number of carbonyl (C=O) groups is 3. The fourth-order valence-electron chi connectivity index (χ4n) is 4.97. The van der Waals surface area contributed by atoms with Crippen LogP contribution in [0.4, 0.5) is 5.69 Å². The van der Waals surface area contributed by atoms with Crippen LogP contribution in [0.2, 0.25) is 0 Å². The van der Waals surface area contributed by atoms with Crippen molar-refractivity contribution in [2.45, 2.75) is 30.7 Å². The normalized spacial score (nSPS) is 12.5. The Hall–Kier alpha value is -6.04. The summed E-state index contributed by atoms with van der Waals surface area (Å²) < 4.78 is 23.4. The largest absolute Gasteiger partial charge is 0.468 e. The quantitative estimate of drug-likeness (QED) is 0.0664. The molecule has 0 aliphatic carbocycles. The van der Waals surface area contributed by atoms with Gasteiger partial charge in [-0.2, -0.15) is 5.10 Å². The number of imidazole rings is 1. The van der Waals surface area contributed by atoms with Gasteiger partial charge in [0.2, 0.25) is 0 Å². The molecule has 3 aromatic heterocycles. The first-order chi connectivity index (χ1) is 24.1. The molecular formula is C36H36N8O5S. The molecule has 50 heavy (non-hydrogen) atoms. The molecule has 0 saturated carbocycles. The first kappa shape index (κ1) is 35.3. The van der Waals surface area contributed by atoms with Crippen molar-refractivity contribution < 1.29 is 23.3 Å². The number of hydrogen-bond donors (Lipinski definition) is 4. The third kappa shape index (κ3) is 9.31. The van der Waals surface area contributed by atoms with Crippen LogP contribution in [0.25, 0.3) is 0 Å². The molecule has 1 unspecified atom stereocenters. The highest BCUT2D eigenvalue weighted by molar-refractivity contribution is 8.00. The molecule has 5 rings (SSSR count). The second-order valence-electron chi connectivity index (χ2n) is 11.2. The van der Waals surface area contributed by atoms with E-state index in [-0.39, 0.29) is 24.4 Å². The van der Waals surface area contributed by atoms with Gasteiger partial charge in [0, 0.05) is 66.0 Å². The molecule has 0 aliphatic rings. The Labute approximate surface area is 290 Å². The van der Waals surface area contributed by atoms with E-state index in [9.17, 15) is 18.6 Å².